The molecule has 1 aromatic heterocycles. The molecule has 20 heavy (non-hydrogen) atoms. The number of nitrogens with two attached hydrogens (primary N) is 1. The van der Waals surface area contributed by atoms with Crippen molar-refractivity contribution in [2.24, 2.45) is 0 Å². The quantitative estimate of drug-likeness (QED) is 0.898. The molecule has 1 unspecified atom stereocenters. The number of hydrogen-bond acceptors (Lipinski definition) is 3. The molecule has 1 aromatic carbocycles. The van der Waals surface area contributed by atoms with Crippen molar-refractivity contribution in [1.82, 2.24) is 4.98 Å². The van der Waals surface area contributed by atoms with Crippen LogP contribution < -0.4 is 11.1 Å². The summed E-state index contributed by atoms with van der Waals surface area (Å²) in [5.74, 6) is -0.0590. The molecule has 2 aromatic rings. The molecule has 3 N–H and O–H groups in total. The Labute approximate surface area is 114 Å². The molecule has 0 aliphatic carbocycles. The Morgan fingerprint density at radius 1 is 1.15 bits per heavy atom. The lowest BCUT2D eigenvalue weighted by Gasteiger charge is -2.16. The van der Waals surface area contributed by atoms with Crippen molar-refractivity contribution in [2.75, 3.05) is 11.1 Å². The van der Waals surface area contributed by atoms with E-state index in [1.54, 1.807) is 0 Å². The summed E-state index contributed by atoms with van der Waals surface area (Å²) in [4.78, 5) is 3.88. The molecule has 106 valence electrons. The summed E-state index contributed by atoms with van der Waals surface area (Å²) in [6.07, 6.45) is -4.44. The third-order valence-electron chi connectivity index (χ3n) is 2.84. The second-order valence-corrected chi connectivity index (χ2v) is 4.44. The van der Waals surface area contributed by atoms with E-state index in [9.17, 15) is 13.2 Å². The monoisotopic (exact) mass is 281 g/mol. The third-order valence-corrected chi connectivity index (χ3v) is 2.84. The van der Waals surface area contributed by atoms with Crippen LogP contribution in [0.1, 0.15) is 24.1 Å². The number of benzene rings is 1. The Morgan fingerprint density at radius 2 is 1.80 bits per heavy atom. The summed E-state index contributed by atoms with van der Waals surface area (Å²) in [5.41, 5.74) is 5.56. The first-order chi connectivity index (χ1) is 9.36. The second kappa shape index (κ2) is 5.40. The van der Waals surface area contributed by atoms with Gasteiger partial charge in [-0.3, -0.25) is 0 Å². The number of pyridine rings is 1. The lowest BCUT2D eigenvalue weighted by Crippen LogP contribution is -2.12. The first-order valence-electron chi connectivity index (χ1n) is 6.02. The Kier molecular flexibility index (Phi) is 3.83. The summed E-state index contributed by atoms with van der Waals surface area (Å²) in [6.45, 7) is 1.84. The first-order valence-corrected chi connectivity index (χ1v) is 6.02. The smallest absolute Gasteiger partial charge is 0.384 e. The molecule has 0 aliphatic rings. The summed E-state index contributed by atoms with van der Waals surface area (Å²) < 4.78 is 38.1. The normalized spacial score (nSPS) is 13.0. The van der Waals surface area contributed by atoms with Gasteiger partial charge < -0.3 is 11.1 Å². The van der Waals surface area contributed by atoms with E-state index in [0.29, 0.717) is 0 Å². The minimum Gasteiger partial charge on any atom is -0.384 e. The van der Waals surface area contributed by atoms with Crippen molar-refractivity contribution in [3.05, 3.63) is 53.6 Å². The maximum atomic E-state index is 12.7. The molecule has 0 bridgehead atoms. The van der Waals surface area contributed by atoms with Gasteiger partial charge in [-0.2, -0.15) is 13.2 Å². The molecule has 3 nitrogen and oxygen atoms in total. The number of nitrogen functional groups attached to an aromatic ring is 1. The topological polar surface area (TPSA) is 50.9 Å². The van der Waals surface area contributed by atoms with E-state index in [4.69, 9.17) is 5.73 Å². The van der Waals surface area contributed by atoms with E-state index in [1.807, 2.05) is 37.3 Å². The van der Waals surface area contributed by atoms with Crippen LogP contribution in [0.5, 0.6) is 0 Å². The first kappa shape index (κ1) is 14.2. The minimum absolute atomic E-state index is 0.105. The molecule has 2 rings (SSSR count). The number of aromatic nitrogens is 1. The fourth-order valence-electron chi connectivity index (χ4n) is 1.84. The summed E-state index contributed by atoms with van der Waals surface area (Å²) in [5, 5.41) is 2.92. The van der Waals surface area contributed by atoms with E-state index < -0.39 is 11.7 Å². The van der Waals surface area contributed by atoms with Crippen LogP contribution in [0.3, 0.4) is 0 Å². The number of anilines is 2. The van der Waals surface area contributed by atoms with Crippen molar-refractivity contribution in [3.8, 4) is 0 Å². The van der Waals surface area contributed by atoms with Gasteiger partial charge in [0.05, 0.1) is 5.56 Å². The molecule has 0 fully saturated rings. The van der Waals surface area contributed by atoms with E-state index in [-0.39, 0.29) is 17.7 Å². The number of halogens is 3. The molecule has 6 heteroatoms. The van der Waals surface area contributed by atoms with Gasteiger partial charge in [-0.15, -0.1) is 0 Å². The van der Waals surface area contributed by atoms with Gasteiger partial charge >= 0.3 is 6.18 Å². The lowest BCUT2D eigenvalue weighted by atomic mass is 10.1. The van der Waals surface area contributed by atoms with Crippen molar-refractivity contribution >= 4 is 11.6 Å². The van der Waals surface area contributed by atoms with Gasteiger partial charge in [0.1, 0.15) is 11.6 Å². The van der Waals surface area contributed by atoms with Crippen LogP contribution in [0, 0.1) is 0 Å². The van der Waals surface area contributed by atoms with Crippen LogP contribution in [0.25, 0.3) is 0 Å². The fraction of sp³-hybridized carbons (Fsp3) is 0.214. The molecular formula is C14H14F3N3. The van der Waals surface area contributed by atoms with Crippen molar-refractivity contribution in [3.63, 3.8) is 0 Å². The Hall–Kier alpha value is -2.24. The predicted molar refractivity (Wildman–Crippen MR) is 72.1 cm³/mol. The summed E-state index contributed by atoms with van der Waals surface area (Å²) in [6, 6.07) is 11.0. The van der Waals surface area contributed by atoms with Crippen LogP contribution in [-0.2, 0) is 6.18 Å². The van der Waals surface area contributed by atoms with E-state index in [0.717, 1.165) is 17.7 Å². The number of nitrogens with one attached hydrogen (secondary N) is 1. The number of hydrogen-bond donors (Lipinski definition) is 2. The molecule has 1 atom stereocenters. The van der Waals surface area contributed by atoms with Crippen LogP contribution in [0.2, 0.25) is 0 Å². The SMILES string of the molecule is CC(Nc1cc(C(F)(F)F)cc(N)n1)c1ccccc1. The van der Waals surface area contributed by atoms with Gasteiger partial charge in [-0.05, 0) is 24.6 Å². The summed E-state index contributed by atoms with van der Waals surface area (Å²) >= 11 is 0. The molecule has 0 radical (unpaired) electrons. The highest BCUT2D eigenvalue weighted by molar-refractivity contribution is 5.48. The van der Waals surface area contributed by atoms with Gasteiger partial charge in [0.25, 0.3) is 0 Å². The van der Waals surface area contributed by atoms with Crippen molar-refractivity contribution in [1.29, 1.82) is 0 Å². The zero-order chi connectivity index (χ0) is 14.8. The number of nitrogens with zero attached hydrogens (tertiary/aromatic N) is 1. The highest BCUT2D eigenvalue weighted by Crippen LogP contribution is 2.32. The average molecular weight is 281 g/mol. The van der Waals surface area contributed by atoms with E-state index in [2.05, 4.69) is 10.3 Å². The van der Waals surface area contributed by atoms with Gasteiger partial charge in [0, 0.05) is 6.04 Å². The van der Waals surface area contributed by atoms with Crippen LogP contribution in [0.15, 0.2) is 42.5 Å². The van der Waals surface area contributed by atoms with Crippen LogP contribution in [0.4, 0.5) is 24.8 Å². The number of rotatable bonds is 3. The third kappa shape index (κ3) is 3.40. The second-order valence-electron chi connectivity index (χ2n) is 4.44. The Morgan fingerprint density at radius 3 is 2.40 bits per heavy atom. The largest absolute Gasteiger partial charge is 0.416 e. The van der Waals surface area contributed by atoms with Crippen LogP contribution >= 0.6 is 0 Å². The minimum atomic E-state index is -4.44. The zero-order valence-electron chi connectivity index (χ0n) is 10.8. The number of alkyl halides is 3. The predicted octanol–water partition coefficient (Wildman–Crippen LogP) is 3.86. The fourth-order valence-corrected chi connectivity index (χ4v) is 1.84. The van der Waals surface area contributed by atoms with Gasteiger partial charge in [0.2, 0.25) is 0 Å². The van der Waals surface area contributed by atoms with Crippen molar-refractivity contribution < 1.29 is 13.2 Å². The average Bonchev–Trinajstić information content (AvgIpc) is 2.38. The molecular weight excluding hydrogens is 267 g/mol. The molecule has 0 amide bonds. The molecule has 0 saturated carbocycles. The van der Waals surface area contributed by atoms with E-state index >= 15 is 0 Å². The highest BCUT2D eigenvalue weighted by atomic mass is 19.4. The Balaban J connectivity index is 2.24. The van der Waals surface area contributed by atoms with E-state index in [1.165, 1.54) is 0 Å². The highest BCUT2D eigenvalue weighted by Gasteiger charge is 2.31. The maximum absolute atomic E-state index is 12.7. The van der Waals surface area contributed by atoms with Crippen molar-refractivity contribution in [2.45, 2.75) is 19.1 Å². The molecule has 0 saturated heterocycles. The lowest BCUT2D eigenvalue weighted by molar-refractivity contribution is -0.137. The Bertz CT molecular complexity index is 582. The van der Waals surface area contributed by atoms with Gasteiger partial charge in [-0.1, -0.05) is 30.3 Å². The standard InChI is InChI=1S/C14H14F3N3/c1-9(10-5-3-2-4-6-10)19-13-8-11(14(15,16)17)7-12(18)20-13/h2-9H,1H3,(H3,18,19,20). The molecule has 0 aliphatic heterocycles. The van der Waals surface area contributed by atoms with Crippen LogP contribution in [-0.4, -0.2) is 4.98 Å². The molecule has 0 spiro atoms. The van der Waals surface area contributed by atoms with Gasteiger partial charge in [-0.25, -0.2) is 4.98 Å². The van der Waals surface area contributed by atoms with Gasteiger partial charge in [0.15, 0.2) is 0 Å². The summed E-state index contributed by atoms with van der Waals surface area (Å²) in [7, 11) is 0. The maximum Gasteiger partial charge on any atom is 0.416 e. The zero-order valence-corrected chi connectivity index (χ0v) is 10.8. The molecule has 1 heterocycles.